The summed E-state index contributed by atoms with van der Waals surface area (Å²) in [6.07, 6.45) is -3.60. The molecule has 1 aliphatic rings. The average molecular weight is 264 g/mol. The summed E-state index contributed by atoms with van der Waals surface area (Å²) in [7, 11) is 0. The summed E-state index contributed by atoms with van der Waals surface area (Å²) >= 11 is 0. The van der Waals surface area contributed by atoms with Crippen molar-refractivity contribution >= 4 is 0 Å². The van der Waals surface area contributed by atoms with Crippen LogP contribution in [0.3, 0.4) is 0 Å². The van der Waals surface area contributed by atoms with Crippen LogP contribution in [0.2, 0.25) is 0 Å². The van der Waals surface area contributed by atoms with Crippen LogP contribution in [0, 0.1) is 11.3 Å². The first-order valence-corrected chi connectivity index (χ1v) is 5.93. The Morgan fingerprint density at radius 1 is 1.17 bits per heavy atom. The van der Waals surface area contributed by atoms with Crippen molar-refractivity contribution < 1.29 is 13.2 Å². The van der Waals surface area contributed by atoms with Crippen LogP contribution in [0.25, 0.3) is 0 Å². The summed E-state index contributed by atoms with van der Waals surface area (Å²) in [5.41, 5.74) is 4.84. The highest BCUT2D eigenvalue weighted by atomic mass is 19.4. The van der Waals surface area contributed by atoms with E-state index in [2.05, 4.69) is 4.90 Å². The van der Waals surface area contributed by atoms with E-state index in [0.29, 0.717) is 39.1 Å². The van der Waals surface area contributed by atoms with Crippen LogP contribution in [-0.4, -0.2) is 60.8 Å². The molecule has 1 heterocycles. The lowest BCUT2D eigenvalue weighted by atomic mass is 10.0. The summed E-state index contributed by atoms with van der Waals surface area (Å²) in [4.78, 5) is 3.46. The number of hydrogen-bond donors (Lipinski definition) is 1. The second-order valence-corrected chi connectivity index (χ2v) is 5.01. The van der Waals surface area contributed by atoms with Crippen molar-refractivity contribution in [2.45, 2.75) is 25.1 Å². The van der Waals surface area contributed by atoms with E-state index in [9.17, 15) is 13.2 Å². The average Bonchev–Trinajstić information content (AvgIpc) is 2.26. The number of piperazine rings is 1. The second kappa shape index (κ2) is 5.87. The van der Waals surface area contributed by atoms with E-state index in [0.717, 1.165) is 0 Å². The predicted octanol–water partition coefficient (Wildman–Crippen LogP) is 0.797. The molecule has 1 fully saturated rings. The zero-order chi connectivity index (χ0) is 13.8. The summed E-state index contributed by atoms with van der Waals surface area (Å²) < 4.78 is 36.5. The van der Waals surface area contributed by atoms with Crippen LogP contribution in [0.4, 0.5) is 13.2 Å². The van der Waals surface area contributed by atoms with Crippen molar-refractivity contribution in [2.24, 2.45) is 5.73 Å². The number of nitrogens with two attached hydrogens (primary N) is 1. The van der Waals surface area contributed by atoms with Gasteiger partial charge in [0, 0.05) is 32.7 Å². The molecule has 1 aliphatic heterocycles. The van der Waals surface area contributed by atoms with E-state index in [1.807, 2.05) is 6.07 Å². The fourth-order valence-electron chi connectivity index (χ4n) is 1.87. The summed E-state index contributed by atoms with van der Waals surface area (Å²) in [6.45, 7) is 3.48. The molecule has 0 radical (unpaired) electrons. The molecular formula is C11H19F3N4. The molecule has 4 nitrogen and oxygen atoms in total. The number of nitrogens with zero attached hydrogens (tertiary/aromatic N) is 3. The highest BCUT2D eigenvalue weighted by Gasteiger charge is 2.32. The van der Waals surface area contributed by atoms with Gasteiger partial charge in [-0.25, -0.2) is 0 Å². The smallest absolute Gasteiger partial charge is 0.314 e. The van der Waals surface area contributed by atoms with Crippen molar-refractivity contribution in [2.75, 3.05) is 39.3 Å². The van der Waals surface area contributed by atoms with Gasteiger partial charge < -0.3 is 10.6 Å². The van der Waals surface area contributed by atoms with Gasteiger partial charge in [0.2, 0.25) is 0 Å². The minimum absolute atomic E-state index is 0.410. The molecule has 7 heteroatoms. The molecule has 0 aromatic heterocycles. The summed E-state index contributed by atoms with van der Waals surface area (Å²) in [5, 5.41) is 8.77. The van der Waals surface area contributed by atoms with Gasteiger partial charge in [-0.2, -0.15) is 18.4 Å². The monoisotopic (exact) mass is 264 g/mol. The van der Waals surface area contributed by atoms with Gasteiger partial charge in [0.05, 0.1) is 12.6 Å². The number of alkyl halides is 3. The standard InChI is InChI=1S/C11H19F3N4/c1-10(16,8-15)2-3-17-4-6-18(7-5-17)9-11(12,13)14/h2-7,9,16H2,1H3. The Bertz CT molecular complexity index is 300. The lowest BCUT2D eigenvalue weighted by Crippen LogP contribution is -2.50. The van der Waals surface area contributed by atoms with Crippen LogP contribution < -0.4 is 5.73 Å². The third-order valence-corrected chi connectivity index (χ3v) is 3.07. The van der Waals surface area contributed by atoms with Crippen LogP contribution in [0.1, 0.15) is 13.3 Å². The van der Waals surface area contributed by atoms with E-state index in [1.54, 1.807) is 6.92 Å². The molecular weight excluding hydrogens is 245 g/mol. The van der Waals surface area contributed by atoms with Gasteiger partial charge in [0.15, 0.2) is 0 Å². The minimum Gasteiger partial charge on any atom is -0.314 e. The van der Waals surface area contributed by atoms with E-state index >= 15 is 0 Å². The molecule has 0 aliphatic carbocycles. The Kier molecular flexibility index (Phi) is 4.96. The largest absolute Gasteiger partial charge is 0.401 e. The van der Waals surface area contributed by atoms with Crippen LogP contribution in [0.5, 0.6) is 0 Å². The summed E-state index contributed by atoms with van der Waals surface area (Å²) in [6, 6.07) is 2.01. The van der Waals surface area contributed by atoms with Crippen molar-refractivity contribution in [1.82, 2.24) is 9.80 Å². The fourth-order valence-corrected chi connectivity index (χ4v) is 1.87. The molecule has 0 bridgehead atoms. The Balaban J connectivity index is 2.26. The lowest BCUT2D eigenvalue weighted by molar-refractivity contribution is -0.149. The first-order valence-electron chi connectivity index (χ1n) is 5.93. The maximum absolute atomic E-state index is 12.2. The zero-order valence-electron chi connectivity index (χ0n) is 10.5. The Morgan fingerprint density at radius 2 is 1.67 bits per heavy atom. The van der Waals surface area contributed by atoms with Gasteiger partial charge in [0.1, 0.15) is 5.54 Å². The van der Waals surface area contributed by atoms with Gasteiger partial charge in [-0.1, -0.05) is 0 Å². The normalized spacial score (nSPS) is 22.4. The lowest BCUT2D eigenvalue weighted by Gasteiger charge is -2.35. The van der Waals surface area contributed by atoms with E-state index < -0.39 is 18.3 Å². The van der Waals surface area contributed by atoms with E-state index in [4.69, 9.17) is 11.0 Å². The van der Waals surface area contributed by atoms with Crippen LogP contribution >= 0.6 is 0 Å². The molecule has 1 rings (SSSR count). The van der Waals surface area contributed by atoms with Crippen molar-refractivity contribution in [3.05, 3.63) is 0 Å². The van der Waals surface area contributed by atoms with Gasteiger partial charge in [-0.15, -0.1) is 0 Å². The molecule has 1 saturated heterocycles. The maximum atomic E-state index is 12.2. The highest BCUT2D eigenvalue weighted by Crippen LogP contribution is 2.17. The molecule has 0 saturated carbocycles. The molecule has 0 amide bonds. The maximum Gasteiger partial charge on any atom is 0.401 e. The van der Waals surface area contributed by atoms with Gasteiger partial charge in [0.25, 0.3) is 0 Å². The number of nitriles is 1. The Hall–Kier alpha value is -0.840. The number of rotatable bonds is 4. The molecule has 104 valence electrons. The molecule has 1 atom stereocenters. The van der Waals surface area contributed by atoms with Crippen molar-refractivity contribution in [1.29, 1.82) is 5.26 Å². The second-order valence-electron chi connectivity index (χ2n) is 5.01. The number of hydrogen-bond acceptors (Lipinski definition) is 4. The first kappa shape index (κ1) is 15.2. The Labute approximate surface area is 105 Å². The topological polar surface area (TPSA) is 56.3 Å². The zero-order valence-corrected chi connectivity index (χ0v) is 10.5. The molecule has 0 aromatic rings. The molecule has 2 N–H and O–H groups in total. The molecule has 0 spiro atoms. The number of halogens is 3. The summed E-state index contributed by atoms with van der Waals surface area (Å²) in [5.74, 6) is 0. The molecule has 18 heavy (non-hydrogen) atoms. The molecule has 0 aromatic carbocycles. The van der Waals surface area contributed by atoms with E-state index in [1.165, 1.54) is 4.90 Å². The third-order valence-electron chi connectivity index (χ3n) is 3.07. The Morgan fingerprint density at radius 3 is 2.11 bits per heavy atom. The van der Waals surface area contributed by atoms with Gasteiger partial charge >= 0.3 is 6.18 Å². The fraction of sp³-hybridized carbons (Fsp3) is 0.909. The van der Waals surface area contributed by atoms with Crippen molar-refractivity contribution in [3.63, 3.8) is 0 Å². The highest BCUT2D eigenvalue weighted by molar-refractivity contribution is 5.01. The van der Waals surface area contributed by atoms with Crippen LogP contribution in [0.15, 0.2) is 0 Å². The SMILES string of the molecule is CC(N)(C#N)CCN1CCN(CC(F)(F)F)CC1. The van der Waals surface area contributed by atoms with Gasteiger partial charge in [-0.3, -0.25) is 4.90 Å². The third kappa shape index (κ3) is 5.67. The first-order chi connectivity index (χ1) is 8.22. The molecule has 1 unspecified atom stereocenters. The predicted molar refractivity (Wildman–Crippen MR) is 61.8 cm³/mol. The quantitative estimate of drug-likeness (QED) is 0.816. The van der Waals surface area contributed by atoms with Gasteiger partial charge in [-0.05, 0) is 13.3 Å². The minimum atomic E-state index is -4.13. The van der Waals surface area contributed by atoms with Crippen LogP contribution in [-0.2, 0) is 0 Å². The van der Waals surface area contributed by atoms with E-state index in [-0.39, 0.29) is 0 Å². The van der Waals surface area contributed by atoms with Crippen molar-refractivity contribution in [3.8, 4) is 6.07 Å².